The summed E-state index contributed by atoms with van der Waals surface area (Å²) < 4.78 is 11.0. The molecule has 1 atom stereocenters. The lowest BCUT2D eigenvalue weighted by Gasteiger charge is -2.17. The third-order valence-electron chi connectivity index (χ3n) is 2.29. The Kier molecular flexibility index (Phi) is 6.18. The van der Waals surface area contributed by atoms with Crippen molar-refractivity contribution in [2.75, 3.05) is 25.1 Å². The molecule has 0 heterocycles. The van der Waals surface area contributed by atoms with Crippen LogP contribution in [0, 0.1) is 0 Å². The molecule has 0 aliphatic carbocycles. The highest BCUT2D eigenvalue weighted by Crippen LogP contribution is 2.23. The van der Waals surface area contributed by atoms with E-state index in [0.29, 0.717) is 31.2 Å². The molecule has 0 aliphatic rings. The molecule has 1 unspecified atom stereocenters. The van der Waals surface area contributed by atoms with Crippen molar-refractivity contribution >= 4 is 11.6 Å². The van der Waals surface area contributed by atoms with E-state index in [1.165, 1.54) is 6.92 Å². The normalized spacial score (nSPS) is 11.9. The smallest absolute Gasteiger partial charge is 0.221 e. The van der Waals surface area contributed by atoms with E-state index in [1.807, 2.05) is 19.1 Å². The molecule has 5 nitrogen and oxygen atoms in total. The number of amides is 1. The fourth-order valence-electron chi connectivity index (χ4n) is 1.49. The quantitative estimate of drug-likeness (QED) is 0.769. The zero-order chi connectivity index (χ0) is 13.4. The van der Waals surface area contributed by atoms with E-state index in [9.17, 15) is 4.79 Å². The highest BCUT2D eigenvalue weighted by Gasteiger charge is 2.09. The Labute approximate surface area is 107 Å². The summed E-state index contributed by atoms with van der Waals surface area (Å²) in [5.41, 5.74) is 6.22. The van der Waals surface area contributed by atoms with Crippen LogP contribution in [-0.4, -0.2) is 31.8 Å². The van der Waals surface area contributed by atoms with Gasteiger partial charge < -0.3 is 20.5 Å². The summed E-state index contributed by atoms with van der Waals surface area (Å²) in [5.74, 6) is 0.483. The van der Waals surface area contributed by atoms with Gasteiger partial charge in [-0.2, -0.15) is 0 Å². The minimum absolute atomic E-state index is 0.133. The third-order valence-corrected chi connectivity index (χ3v) is 2.29. The second-order valence-electron chi connectivity index (χ2n) is 3.80. The topological polar surface area (TPSA) is 73.6 Å². The minimum Gasteiger partial charge on any atom is -0.489 e. The van der Waals surface area contributed by atoms with E-state index in [-0.39, 0.29) is 12.0 Å². The molecule has 1 rings (SSSR count). The van der Waals surface area contributed by atoms with Crippen LogP contribution in [0.1, 0.15) is 13.8 Å². The molecule has 1 amide bonds. The lowest BCUT2D eigenvalue weighted by atomic mass is 10.3. The number of benzene rings is 1. The fourth-order valence-corrected chi connectivity index (χ4v) is 1.49. The van der Waals surface area contributed by atoms with Crippen LogP contribution in [0.15, 0.2) is 24.3 Å². The number of anilines is 1. The number of ether oxygens (including phenoxy) is 2. The van der Waals surface area contributed by atoms with Gasteiger partial charge in [-0.15, -0.1) is 0 Å². The lowest BCUT2D eigenvalue weighted by molar-refractivity contribution is -0.114. The number of hydrogen-bond donors (Lipinski definition) is 2. The van der Waals surface area contributed by atoms with E-state index in [0.717, 1.165) is 0 Å². The van der Waals surface area contributed by atoms with E-state index in [4.69, 9.17) is 15.2 Å². The van der Waals surface area contributed by atoms with Gasteiger partial charge in [-0.05, 0) is 19.1 Å². The fraction of sp³-hybridized carbons (Fsp3) is 0.462. The summed E-state index contributed by atoms with van der Waals surface area (Å²) in [6.45, 7) is 4.73. The van der Waals surface area contributed by atoms with Crippen LogP contribution in [0.25, 0.3) is 0 Å². The first-order valence-corrected chi connectivity index (χ1v) is 5.98. The molecule has 0 spiro atoms. The summed E-state index contributed by atoms with van der Waals surface area (Å²) in [5, 5.41) is 2.71. The number of carbonyl (C=O) groups excluding carboxylic acids is 1. The molecule has 0 radical (unpaired) electrons. The van der Waals surface area contributed by atoms with Gasteiger partial charge in [0.25, 0.3) is 0 Å². The molecule has 100 valence electrons. The van der Waals surface area contributed by atoms with Gasteiger partial charge in [0.15, 0.2) is 0 Å². The number of para-hydroxylation sites is 2. The predicted molar refractivity (Wildman–Crippen MR) is 70.7 cm³/mol. The van der Waals surface area contributed by atoms with E-state index >= 15 is 0 Å². The van der Waals surface area contributed by atoms with Gasteiger partial charge >= 0.3 is 0 Å². The zero-order valence-electron chi connectivity index (χ0n) is 10.8. The molecular weight excluding hydrogens is 232 g/mol. The van der Waals surface area contributed by atoms with Gasteiger partial charge in [-0.25, -0.2) is 0 Å². The summed E-state index contributed by atoms with van der Waals surface area (Å²) in [6.07, 6.45) is -0.139. The molecule has 0 aliphatic heterocycles. The van der Waals surface area contributed by atoms with Crippen molar-refractivity contribution in [3.8, 4) is 5.75 Å². The van der Waals surface area contributed by atoms with Gasteiger partial charge in [0, 0.05) is 20.1 Å². The Balaban J connectivity index is 2.62. The zero-order valence-corrected chi connectivity index (χ0v) is 10.8. The van der Waals surface area contributed by atoms with Crippen LogP contribution in [0.2, 0.25) is 0 Å². The molecule has 0 aromatic heterocycles. The molecule has 0 bridgehead atoms. The molecule has 0 saturated carbocycles. The Morgan fingerprint density at radius 1 is 1.44 bits per heavy atom. The minimum atomic E-state index is -0.139. The first kappa shape index (κ1) is 14.5. The van der Waals surface area contributed by atoms with Crippen LogP contribution in [0.4, 0.5) is 5.69 Å². The summed E-state index contributed by atoms with van der Waals surface area (Å²) in [7, 11) is 0. The lowest BCUT2D eigenvalue weighted by Crippen LogP contribution is -2.30. The van der Waals surface area contributed by atoms with Crippen LogP contribution in [-0.2, 0) is 9.53 Å². The third kappa shape index (κ3) is 4.73. The average Bonchev–Trinajstić information content (AvgIpc) is 2.35. The van der Waals surface area contributed by atoms with Crippen LogP contribution in [0.5, 0.6) is 5.75 Å². The van der Waals surface area contributed by atoms with Crippen molar-refractivity contribution in [3.63, 3.8) is 0 Å². The summed E-state index contributed by atoms with van der Waals surface area (Å²) in [6, 6.07) is 7.26. The van der Waals surface area contributed by atoms with Crippen molar-refractivity contribution < 1.29 is 14.3 Å². The summed E-state index contributed by atoms with van der Waals surface area (Å²) >= 11 is 0. The highest BCUT2D eigenvalue weighted by atomic mass is 16.5. The van der Waals surface area contributed by atoms with Crippen molar-refractivity contribution in [1.29, 1.82) is 0 Å². The predicted octanol–water partition coefficient (Wildman–Crippen LogP) is 1.39. The molecular formula is C13H20N2O3. The number of carbonyl (C=O) groups is 1. The number of hydrogen-bond acceptors (Lipinski definition) is 4. The average molecular weight is 252 g/mol. The van der Waals surface area contributed by atoms with Gasteiger partial charge in [-0.1, -0.05) is 12.1 Å². The second-order valence-corrected chi connectivity index (χ2v) is 3.80. The molecule has 0 fully saturated rings. The monoisotopic (exact) mass is 252 g/mol. The second kappa shape index (κ2) is 7.68. The van der Waals surface area contributed by atoms with Crippen LogP contribution >= 0.6 is 0 Å². The van der Waals surface area contributed by atoms with Gasteiger partial charge in [0.2, 0.25) is 5.91 Å². The molecule has 0 saturated heterocycles. The van der Waals surface area contributed by atoms with Gasteiger partial charge in [0.05, 0.1) is 5.69 Å². The summed E-state index contributed by atoms with van der Waals surface area (Å²) in [4.78, 5) is 11.1. The van der Waals surface area contributed by atoms with Crippen molar-refractivity contribution in [3.05, 3.63) is 24.3 Å². The van der Waals surface area contributed by atoms with Gasteiger partial charge in [0.1, 0.15) is 18.5 Å². The molecule has 3 N–H and O–H groups in total. The SMILES string of the molecule is CCOC(CN)COc1ccccc1NC(C)=O. The van der Waals surface area contributed by atoms with Crippen LogP contribution in [0.3, 0.4) is 0 Å². The first-order chi connectivity index (χ1) is 8.67. The van der Waals surface area contributed by atoms with Crippen molar-refractivity contribution in [2.24, 2.45) is 5.73 Å². The van der Waals surface area contributed by atoms with Crippen molar-refractivity contribution in [2.45, 2.75) is 20.0 Å². The standard InChI is InChI=1S/C13H20N2O3/c1-3-17-11(8-14)9-18-13-7-5-4-6-12(13)15-10(2)16/h4-7,11H,3,8-9,14H2,1-2H3,(H,15,16). The van der Waals surface area contributed by atoms with Crippen LogP contribution < -0.4 is 15.8 Å². The molecule has 18 heavy (non-hydrogen) atoms. The molecule has 5 heteroatoms. The number of nitrogens with two attached hydrogens (primary N) is 1. The Morgan fingerprint density at radius 2 is 2.17 bits per heavy atom. The number of rotatable bonds is 7. The maximum atomic E-state index is 11.1. The maximum Gasteiger partial charge on any atom is 0.221 e. The Morgan fingerprint density at radius 3 is 2.78 bits per heavy atom. The van der Waals surface area contributed by atoms with Crippen molar-refractivity contribution in [1.82, 2.24) is 0 Å². The maximum absolute atomic E-state index is 11.1. The largest absolute Gasteiger partial charge is 0.489 e. The van der Waals surface area contributed by atoms with Gasteiger partial charge in [-0.3, -0.25) is 4.79 Å². The first-order valence-electron chi connectivity index (χ1n) is 5.98. The number of nitrogens with one attached hydrogen (secondary N) is 1. The molecule has 1 aromatic carbocycles. The highest BCUT2D eigenvalue weighted by molar-refractivity contribution is 5.90. The molecule has 1 aromatic rings. The Hall–Kier alpha value is -1.59. The van der Waals surface area contributed by atoms with E-state index < -0.39 is 0 Å². The Bertz CT molecular complexity index is 382. The van der Waals surface area contributed by atoms with E-state index in [1.54, 1.807) is 12.1 Å². The van der Waals surface area contributed by atoms with E-state index in [2.05, 4.69) is 5.32 Å².